The number of likely N-dealkylation sites (N-methyl/N-ethyl adjacent to an activating group) is 1. The third-order valence-corrected chi connectivity index (χ3v) is 6.72. The molecule has 1 fully saturated rings. The lowest BCUT2D eigenvalue weighted by atomic mass is 10.1. The molecule has 1 heterocycles. The molecule has 3 rings (SSSR count). The maximum absolute atomic E-state index is 13.4. The van der Waals surface area contributed by atoms with E-state index in [0.717, 1.165) is 0 Å². The first kappa shape index (κ1) is 19.5. The van der Waals surface area contributed by atoms with Crippen molar-refractivity contribution in [3.63, 3.8) is 0 Å². The van der Waals surface area contributed by atoms with Gasteiger partial charge in [-0.3, -0.25) is 4.79 Å². The fourth-order valence-corrected chi connectivity index (χ4v) is 5.09. The summed E-state index contributed by atoms with van der Waals surface area (Å²) < 4.78 is 40.7. The van der Waals surface area contributed by atoms with Crippen LogP contribution in [0.25, 0.3) is 0 Å². The van der Waals surface area contributed by atoms with Gasteiger partial charge in [0.2, 0.25) is 15.9 Å². The maximum Gasteiger partial charge on any atom is 0.243 e. The normalized spacial score (nSPS) is 17.8. The molecule has 7 heteroatoms. The van der Waals surface area contributed by atoms with E-state index in [1.807, 2.05) is 6.92 Å². The molecular weight excluding hydrogens is 367 g/mol. The van der Waals surface area contributed by atoms with Gasteiger partial charge in [-0.25, -0.2) is 12.8 Å². The maximum atomic E-state index is 13.4. The smallest absolute Gasteiger partial charge is 0.243 e. The molecule has 0 N–H and O–H groups in total. The Labute approximate surface area is 159 Å². The summed E-state index contributed by atoms with van der Waals surface area (Å²) >= 11 is 0. The summed E-state index contributed by atoms with van der Waals surface area (Å²) in [6.45, 7) is 2.83. The number of benzene rings is 2. The predicted octanol–water partition coefficient (Wildman–Crippen LogP) is 3.03. The SMILES string of the molecule is CCN(Cc1cccc(F)c1)C(=O)C1CCCN1S(=O)(=O)c1ccccc1. The van der Waals surface area contributed by atoms with E-state index in [2.05, 4.69) is 0 Å². The van der Waals surface area contributed by atoms with E-state index in [4.69, 9.17) is 0 Å². The van der Waals surface area contributed by atoms with Crippen LogP contribution < -0.4 is 0 Å². The molecule has 1 aliphatic heterocycles. The first-order valence-electron chi connectivity index (χ1n) is 9.03. The van der Waals surface area contributed by atoms with Gasteiger partial charge in [0.15, 0.2) is 0 Å². The number of hydrogen-bond donors (Lipinski definition) is 0. The Morgan fingerprint density at radius 3 is 2.59 bits per heavy atom. The number of nitrogens with zero attached hydrogens (tertiary/aromatic N) is 2. The van der Waals surface area contributed by atoms with Gasteiger partial charge in [0.05, 0.1) is 4.90 Å². The van der Waals surface area contributed by atoms with Gasteiger partial charge in [-0.2, -0.15) is 4.31 Å². The van der Waals surface area contributed by atoms with E-state index < -0.39 is 16.1 Å². The molecule has 0 spiro atoms. The molecule has 2 aromatic rings. The van der Waals surface area contributed by atoms with Gasteiger partial charge in [0, 0.05) is 19.6 Å². The minimum absolute atomic E-state index is 0.192. The lowest BCUT2D eigenvalue weighted by Gasteiger charge is -2.29. The molecule has 1 atom stereocenters. The van der Waals surface area contributed by atoms with Crippen LogP contribution in [0.1, 0.15) is 25.3 Å². The van der Waals surface area contributed by atoms with Gasteiger partial charge in [-0.05, 0) is 49.6 Å². The Balaban J connectivity index is 1.81. The third-order valence-electron chi connectivity index (χ3n) is 4.79. The average Bonchev–Trinajstić information content (AvgIpc) is 3.17. The molecule has 0 aromatic heterocycles. The zero-order valence-electron chi connectivity index (χ0n) is 15.2. The average molecular weight is 390 g/mol. The number of sulfonamides is 1. The first-order valence-corrected chi connectivity index (χ1v) is 10.5. The van der Waals surface area contributed by atoms with Gasteiger partial charge in [0.1, 0.15) is 11.9 Å². The first-order chi connectivity index (χ1) is 12.9. The number of carbonyl (C=O) groups excluding carboxylic acids is 1. The lowest BCUT2D eigenvalue weighted by Crippen LogP contribution is -2.47. The van der Waals surface area contributed by atoms with Gasteiger partial charge >= 0.3 is 0 Å². The Hall–Kier alpha value is -2.25. The van der Waals surface area contributed by atoms with Crippen LogP contribution in [0.15, 0.2) is 59.5 Å². The summed E-state index contributed by atoms with van der Waals surface area (Å²) in [6.07, 6.45) is 1.13. The van der Waals surface area contributed by atoms with Crippen LogP contribution in [-0.4, -0.2) is 42.7 Å². The van der Waals surface area contributed by atoms with Gasteiger partial charge < -0.3 is 4.90 Å². The van der Waals surface area contributed by atoms with Crippen molar-refractivity contribution in [2.24, 2.45) is 0 Å². The highest BCUT2D eigenvalue weighted by atomic mass is 32.2. The molecule has 0 saturated carbocycles. The van der Waals surface area contributed by atoms with E-state index in [1.54, 1.807) is 47.4 Å². The fraction of sp³-hybridized carbons (Fsp3) is 0.350. The second kappa shape index (κ2) is 8.19. The minimum Gasteiger partial charge on any atom is -0.337 e. The number of carbonyl (C=O) groups is 1. The minimum atomic E-state index is -3.73. The van der Waals surface area contributed by atoms with Crippen molar-refractivity contribution >= 4 is 15.9 Å². The lowest BCUT2D eigenvalue weighted by molar-refractivity contribution is -0.135. The molecule has 0 aliphatic carbocycles. The van der Waals surface area contributed by atoms with Crippen LogP contribution in [0.5, 0.6) is 0 Å². The molecule has 27 heavy (non-hydrogen) atoms. The standard InChI is InChI=1S/C20H23FN2O3S/c1-2-22(15-16-8-6-9-17(21)14-16)20(24)19-12-7-13-23(19)27(25,26)18-10-4-3-5-11-18/h3-6,8-11,14,19H,2,7,12-13,15H2,1H3. The topological polar surface area (TPSA) is 57.7 Å². The molecule has 1 aliphatic rings. The van der Waals surface area contributed by atoms with E-state index in [1.165, 1.54) is 16.4 Å². The number of rotatable bonds is 6. The zero-order valence-corrected chi connectivity index (χ0v) is 16.0. The van der Waals surface area contributed by atoms with E-state index in [9.17, 15) is 17.6 Å². The van der Waals surface area contributed by atoms with E-state index in [0.29, 0.717) is 31.5 Å². The highest BCUT2D eigenvalue weighted by Gasteiger charge is 2.40. The molecule has 144 valence electrons. The quantitative estimate of drug-likeness (QED) is 0.762. The monoisotopic (exact) mass is 390 g/mol. The van der Waals surface area contributed by atoms with Gasteiger partial charge in [-0.15, -0.1) is 0 Å². The summed E-state index contributed by atoms with van der Waals surface area (Å²) in [6, 6.07) is 13.6. The largest absolute Gasteiger partial charge is 0.337 e. The highest BCUT2D eigenvalue weighted by Crippen LogP contribution is 2.27. The Bertz CT molecular complexity index is 902. The van der Waals surface area contributed by atoms with Crippen molar-refractivity contribution in [3.8, 4) is 0 Å². The van der Waals surface area contributed by atoms with Crippen molar-refractivity contribution in [2.45, 2.75) is 37.2 Å². The molecule has 1 saturated heterocycles. The van der Waals surface area contributed by atoms with E-state index >= 15 is 0 Å². The van der Waals surface area contributed by atoms with Crippen molar-refractivity contribution in [2.75, 3.05) is 13.1 Å². The molecule has 5 nitrogen and oxygen atoms in total. The molecular formula is C20H23FN2O3S. The fourth-order valence-electron chi connectivity index (χ4n) is 3.41. The van der Waals surface area contributed by atoms with Crippen molar-refractivity contribution in [1.82, 2.24) is 9.21 Å². The summed E-state index contributed by atoms with van der Waals surface area (Å²) in [5, 5.41) is 0. The Kier molecular flexibility index (Phi) is 5.92. The summed E-state index contributed by atoms with van der Waals surface area (Å²) in [4.78, 5) is 14.9. The van der Waals surface area contributed by atoms with Crippen LogP contribution in [0.2, 0.25) is 0 Å². The van der Waals surface area contributed by atoms with E-state index in [-0.39, 0.29) is 23.2 Å². The molecule has 0 radical (unpaired) electrons. The van der Waals surface area contributed by atoms with Gasteiger partial charge in [-0.1, -0.05) is 30.3 Å². The van der Waals surface area contributed by atoms with Crippen LogP contribution >= 0.6 is 0 Å². The molecule has 2 aromatic carbocycles. The molecule has 0 bridgehead atoms. The van der Waals surface area contributed by atoms with Crippen LogP contribution in [0.4, 0.5) is 4.39 Å². The second-order valence-electron chi connectivity index (χ2n) is 6.57. The molecule has 1 amide bonds. The third kappa shape index (κ3) is 4.20. The summed E-state index contributed by atoms with van der Waals surface area (Å²) in [5.74, 6) is -0.594. The molecule has 1 unspecified atom stereocenters. The van der Waals surface area contributed by atoms with Crippen molar-refractivity contribution in [1.29, 1.82) is 0 Å². The van der Waals surface area contributed by atoms with Gasteiger partial charge in [0.25, 0.3) is 0 Å². The summed E-state index contributed by atoms with van der Waals surface area (Å²) in [7, 11) is -3.73. The number of halogens is 1. The van der Waals surface area contributed by atoms with Crippen LogP contribution in [0.3, 0.4) is 0 Å². The number of amides is 1. The highest BCUT2D eigenvalue weighted by molar-refractivity contribution is 7.89. The zero-order chi connectivity index (χ0) is 19.4. The van der Waals surface area contributed by atoms with Crippen molar-refractivity contribution in [3.05, 3.63) is 66.0 Å². The van der Waals surface area contributed by atoms with Crippen molar-refractivity contribution < 1.29 is 17.6 Å². The Morgan fingerprint density at radius 2 is 1.93 bits per heavy atom. The number of hydrogen-bond acceptors (Lipinski definition) is 3. The Morgan fingerprint density at radius 1 is 1.19 bits per heavy atom. The van der Waals surface area contributed by atoms with Crippen LogP contribution in [0, 0.1) is 5.82 Å². The van der Waals surface area contributed by atoms with Crippen LogP contribution in [-0.2, 0) is 21.4 Å². The summed E-state index contributed by atoms with van der Waals surface area (Å²) in [5.41, 5.74) is 0.681. The predicted molar refractivity (Wildman–Crippen MR) is 101 cm³/mol. The second-order valence-corrected chi connectivity index (χ2v) is 8.46.